The maximum Gasteiger partial charge on any atom is 0.255 e. The van der Waals surface area contributed by atoms with E-state index in [9.17, 15) is 8.42 Å². The normalized spacial score (nSPS) is 17.6. The third-order valence-electron chi connectivity index (χ3n) is 4.23. The Bertz CT molecular complexity index is 1050. The van der Waals surface area contributed by atoms with E-state index in [0.29, 0.717) is 17.4 Å². The fourth-order valence-electron chi connectivity index (χ4n) is 2.88. The number of aromatic nitrogens is 4. The molecule has 0 amide bonds. The highest BCUT2D eigenvalue weighted by atomic mass is 32.2. The van der Waals surface area contributed by atoms with Gasteiger partial charge in [0, 0.05) is 17.2 Å². The number of H-pyrrole nitrogens is 1. The molecule has 2 N–H and O–H groups in total. The lowest BCUT2D eigenvalue weighted by Gasteiger charge is -2.03. The smallest absolute Gasteiger partial charge is 0.255 e. The summed E-state index contributed by atoms with van der Waals surface area (Å²) < 4.78 is 38.6. The third-order valence-corrected chi connectivity index (χ3v) is 6.96. The van der Waals surface area contributed by atoms with Crippen molar-refractivity contribution in [2.45, 2.75) is 44.2 Å². The predicted molar refractivity (Wildman–Crippen MR) is 97.6 cm³/mol. The van der Waals surface area contributed by atoms with E-state index in [2.05, 4.69) is 25.1 Å². The number of sulfonamides is 1. The van der Waals surface area contributed by atoms with Crippen LogP contribution in [0.4, 0.5) is 0 Å². The summed E-state index contributed by atoms with van der Waals surface area (Å²) in [6.07, 6.45) is 1.59. The number of rotatable bonds is 6. The van der Waals surface area contributed by atoms with E-state index in [1.165, 1.54) is 11.3 Å². The van der Waals surface area contributed by atoms with Gasteiger partial charge in [-0.1, -0.05) is 5.16 Å². The lowest BCUT2D eigenvalue weighted by Crippen LogP contribution is -2.24. The van der Waals surface area contributed by atoms with Crippen molar-refractivity contribution in [3.8, 4) is 10.6 Å². The minimum atomic E-state index is -3.71. The van der Waals surface area contributed by atoms with Crippen LogP contribution in [-0.2, 0) is 21.3 Å². The van der Waals surface area contributed by atoms with Crippen molar-refractivity contribution >= 4 is 21.4 Å². The zero-order valence-electron chi connectivity index (χ0n) is 14.9. The van der Waals surface area contributed by atoms with Crippen LogP contribution in [0.15, 0.2) is 21.6 Å². The summed E-state index contributed by atoms with van der Waals surface area (Å²) in [7, 11) is -3.71. The number of hydrogen-bond donors (Lipinski definition) is 2. The van der Waals surface area contributed by atoms with E-state index >= 15 is 0 Å². The van der Waals surface area contributed by atoms with Gasteiger partial charge < -0.3 is 9.26 Å². The second-order valence-corrected chi connectivity index (χ2v) is 9.33. The molecule has 27 heavy (non-hydrogen) atoms. The lowest BCUT2D eigenvalue weighted by atomic mass is 10.2. The molecule has 0 spiro atoms. The zero-order chi connectivity index (χ0) is 19.0. The molecule has 9 nitrogen and oxygen atoms in total. The number of aryl methyl sites for hydroxylation is 2. The molecule has 4 rings (SSSR count). The average Bonchev–Trinajstić information content (AvgIpc) is 3.39. The fourth-order valence-corrected chi connectivity index (χ4v) is 5.41. The van der Waals surface area contributed by atoms with Gasteiger partial charge in [0.05, 0.1) is 16.3 Å². The molecule has 1 aliphatic heterocycles. The van der Waals surface area contributed by atoms with Crippen molar-refractivity contribution < 1.29 is 17.7 Å². The summed E-state index contributed by atoms with van der Waals surface area (Å²) in [5, 5.41) is 10.9. The Kier molecular flexibility index (Phi) is 4.84. The molecule has 0 bridgehead atoms. The van der Waals surface area contributed by atoms with Crippen LogP contribution in [0.2, 0.25) is 0 Å². The molecular weight excluding hydrogens is 390 g/mol. The van der Waals surface area contributed by atoms with Gasteiger partial charge in [0.2, 0.25) is 10.0 Å². The van der Waals surface area contributed by atoms with Crippen molar-refractivity contribution in [1.29, 1.82) is 0 Å². The Balaban J connectivity index is 1.48. The second-order valence-electron chi connectivity index (χ2n) is 6.34. The van der Waals surface area contributed by atoms with Crippen LogP contribution in [0.1, 0.15) is 41.2 Å². The van der Waals surface area contributed by atoms with Gasteiger partial charge in [-0.25, -0.2) is 13.1 Å². The van der Waals surface area contributed by atoms with Crippen LogP contribution in [-0.4, -0.2) is 35.4 Å². The van der Waals surface area contributed by atoms with Crippen LogP contribution in [0.5, 0.6) is 0 Å². The number of ether oxygens (including phenoxy) is 1. The summed E-state index contributed by atoms with van der Waals surface area (Å²) in [5.41, 5.74) is 1.64. The van der Waals surface area contributed by atoms with Crippen LogP contribution in [0.25, 0.3) is 10.6 Å². The lowest BCUT2D eigenvalue weighted by molar-refractivity contribution is 0.0835. The highest BCUT2D eigenvalue weighted by Crippen LogP contribution is 2.33. The maximum atomic E-state index is 12.7. The van der Waals surface area contributed by atoms with E-state index in [-0.39, 0.29) is 23.4 Å². The zero-order valence-corrected chi connectivity index (χ0v) is 16.5. The second kappa shape index (κ2) is 7.15. The van der Waals surface area contributed by atoms with Crippen LogP contribution in [0, 0.1) is 13.8 Å². The Morgan fingerprint density at radius 1 is 1.37 bits per heavy atom. The van der Waals surface area contributed by atoms with Gasteiger partial charge in [0.15, 0.2) is 5.82 Å². The van der Waals surface area contributed by atoms with E-state index in [4.69, 9.17) is 9.26 Å². The first-order valence-electron chi connectivity index (χ1n) is 8.49. The summed E-state index contributed by atoms with van der Waals surface area (Å²) in [6.45, 7) is 4.28. The van der Waals surface area contributed by atoms with Crippen LogP contribution in [0.3, 0.4) is 0 Å². The molecule has 1 fully saturated rings. The predicted octanol–water partition coefficient (Wildman–Crippen LogP) is 2.47. The molecule has 1 unspecified atom stereocenters. The molecule has 3 aromatic heterocycles. The molecule has 0 saturated carbocycles. The molecule has 0 aromatic carbocycles. The minimum absolute atomic E-state index is 0.0509. The number of aromatic amines is 1. The van der Waals surface area contributed by atoms with Gasteiger partial charge in [-0.05, 0) is 38.8 Å². The molecule has 144 valence electrons. The molecule has 3 aromatic rings. The fraction of sp³-hybridized carbons (Fsp3) is 0.438. The standard InChI is InChI=1S/C16H19N5O4S2/c1-9-6-11(20-19-9)13-7-14(10(2)26-13)27(22,23)17-8-15-18-16(25-21-15)12-4-3-5-24-12/h6-7,12,17H,3-5,8H2,1-2H3,(H,19,20). The Labute approximate surface area is 160 Å². The first kappa shape index (κ1) is 18.3. The van der Waals surface area contributed by atoms with Crippen LogP contribution >= 0.6 is 11.3 Å². The van der Waals surface area contributed by atoms with Gasteiger partial charge in [-0.2, -0.15) is 10.1 Å². The average molecular weight is 409 g/mol. The monoisotopic (exact) mass is 409 g/mol. The van der Waals surface area contributed by atoms with Crippen molar-refractivity contribution in [1.82, 2.24) is 25.1 Å². The van der Waals surface area contributed by atoms with Gasteiger partial charge in [0.25, 0.3) is 5.89 Å². The summed E-state index contributed by atoms with van der Waals surface area (Å²) in [5.74, 6) is 0.671. The first-order chi connectivity index (χ1) is 12.9. The Morgan fingerprint density at radius 3 is 2.93 bits per heavy atom. The number of nitrogens with zero attached hydrogens (tertiary/aromatic N) is 3. The molecule has 4 heterocycles. The largest absolute Gasteiger partial charge is 0.368 e. The molecular formula is C16H19N5O4S2. The quantitative estimate of drug-likeness (QED) is 0.641. The van der Waals surface area contributed by atoms with Crippen molar-refractivity contribution in [2.75, 3.05) is 6.61 Å². The van der Waals surface area contributed by atoms with Crippen LogP contribution < -0.4 is 4.72 Å². The maximum absolute atomic E-state index is 12.7. The molecule has 0 aliphatic carbocycles. The molecule has 11 heteroatoms. The third kappa shape index (κ3) is 3.81. The van der Waals surface area contributed by atoms with E-state index in [0.717, 1.165) is 29.1 Å². The molecule has 1 atom stereocenters. The van der Waals surface area contributed by atoms with E-state index in [1.54, 1.807) is 13.0 Å². The Morgan fingerprint density at radius 2 is 2.22 bits per heavy atom. The van der Waals surface area contributed by atoms with Crippen molar-refractivity contribution in [2.24, 2.45) is 0 Å². The van der Waals surface area contributed by atoms with E-state index < -0.39 is 10.0 Å². The summed E-state index contributed by atoms with van der Waals surface area (Å²) in [6, 6.07) is 3.51. The number of hydrogen-bond acceptors (Lipinski definition) is 8. The molecule has 1 saturated heterocycles. The number of thiophene rings is 1. The Hall–Kier alpha value is -2.08. The van der Waals surface area contributed by atoms with Crippen molar-refractivity contribution in [3.05, 3.63) is 34.4 Å². The minimum Gasteiger partial charge on any atom is -0.368 e. The summed E-state index contributed by atoms with van der Waals surface area (Å²) in [4.78, 5) is 5.93. The van der Waals surface area contributed by atoms with Gasteiger partial charge in [0.1, 0.15) is 11.8 Å². The molecule has 1 aliphatic rings. The molecule has 0 radical (unpaired) electrons. The van der Waals surface area contributed by atoms with Gasteiger partial charge in [-0.15, -0.1) is 11.3 Å². The van der Waals surface area contributed by atoms with Crippen molar-refractivity contribution in [3.63, 3.8) is 0 Å². The highest BCUT2D eigenvalue weighted by molar-refractivity contribution is 7.89. The summed E-state index contributed by atoms with van der Waals surface area (Å²) >= 11 is 1.38. The SMILES string of the molecule is Cc1cc(-c2cc(S(=O)(=O)NCc3noc(C4CCCO4)n3)c(C)s2)n[nH]1. The topological polar surface area (TPSA) is 123 Å². The number of nitrogens with one attached hydrogen (secondary N) is 2. The highest BCUT2D eigenvalue weighted by Gasteiger charge is 2.25. The first-order valence-corrected chi connectivity index (χ1v) is 10.8. The van der Waals surface area contributed by atoms with E-state index in [1.807, 2.05) is 13.0 Å². The van der Waals surface area contributed by atoms with Gasteiger partial charge >= 0.3 is 0 Å². The van der Waals surface area contributed by atoms with Gasteiger partial charge in [-0.3, -0.25) is 5.10 Å².